The third kappa shape index (κ3) is 2.43. The number of fused-ring (bicyclic) bond motifs is 2. The molecule has 0 aromatic carbocycles. The molecule has 0 aliphatic carbocycles. The Balaban J connectivity index is 2.17. The Bertz CT molecular complexity index is 613. The number of hydrogen-bond acceptors (Lipinski definition) is 4. The van der Waals surface area contributed by atoms with Crippen LogP contribution in [0.15, 0.2) is 0 Å². The lowest BCUT2D eigenvalue weighted by molar-refractivity contribution is -0.134. The summed E-state index contributed by atoms with van der Waals surface area (Å²) in [5.74, 6) is -1.51. The van der Waals surface area contributed by atoms with E-state index in [1.54, 1.807) is 0 Å². The maximum atomic E-state index is 13.2. The number of halogens is 3. The first-order chi connectivity index (χ1) is 10.2. The molecule has 0 bridgehead atoms. The van der Waals surface area contributed by atoms with Gasteiger partial charge in [0.2, 0.25) is 0 Å². The van der Waals surface area contributed by atoms with Crippen molar-refractivity contribution >= 4 is 17.3 Å². The Morgan fingerprint density at radius 1 is 1.50 bits per heavy atom. The van der Waals surface area contributed by atoms with E-state index >= 15 is 0 Å². The van der Waals surface area contributed by atoms with E-state index in [4.69, 9.17) is 4.74 Å². The molecule has 1 spiro atoms. The van der Waals surface area contributed by atoms with Crippen molar-refractivity contribution in [3.8, 4) is 0 Å². The maximum Gasteiger partial charge on any atom is 0.426 e. The van der Waals surface area contributed by atoms with Crippen LogP contribution in [-0.2, 0) is 22.9 Å². The van der Waals surface area contributed by atoms with E-state index in [9.17, 15) is 23.1 Å². The quantitative estimate of drug-likeness (QED) is 0.828. The Morgan fingerprint density at radius 3 is 2.82 bits per heavy atom. The van der Waals surface area contributed by atoms with Gasteiger partial charge in [-0.1, -0.05) is 0 Å². The fourth-order valence-corrected chi connectivity index (χ4v) is 4.83. The standard InChI is InChI=1S/C14H16F3NO3S/c1-7-6-13(3-4-18-7)10-8(2-5-21-13)9(12(19)20)11(22-10)14(15,16)17/h7,18H,2-6H2,1H3,(H,19,20)/t7-,13?/m0/s1. The first-order valence-corrected chi connectivity index (χ1v) is 7.90. The topological polar surface area (TPSA) is 58.6 Å². The fraction of sp³-hybridized carbons (Fsp3) is 0.643. The molecule has 4 nitrogen and oxygen atoms in total. The van der Waals surface area contributed by atoms with E-state index in [1.807, 2.05) is 6.92 Å². The van der Waals surface area contributed by atoms with Crippen LogP contribution < -0.4 is 5.32 Å². The summed E-state index contributed by atoms with van der Waals surface area (Å²) < 4.78 is 45.5. The van der Waals surface area contributed by atoms with Gasteiger partial charge in [-0.05, 0) is 38.3 Å². The number of carboxylic acids is 1. The second-order valence-electron chi connectivity index (χ2n) is 5.82. The van der Waals surface area contributed by atoms with E-state index < -0.39 is 28.2 Å². The number of piperidine rings is 1. The summed E-state index contributed by atoms with van der Waals surface area (Å²) in [6, 6.07) is 0.115. The molecule has 1 unspecified atom stereocenters. The van der Waals surface area contributed by atoms with Crippen LogP contribution in [0.1, 0.15) is 45.4 Å². The second kappa shape index (κ2) is 5.21. The first-order valence-electron chi connectivity index (χ1n) is 7.08. The van der Waals surface area contributed by atoms with Crippen molar-refractivity contribution in [2.45, 2.75) is 44.0 Å². The van der Waals surface area contributed by atoms with Gasteiger partial charge >= 0.3 is 12.1 Å². The molecule has 0 radical (unpaired) electrons. The van der Waals surface area contributed by atoms with Crippen LogP contribution in [0.5, 0.6) is 0 Å². The number of rotatable bonds is 1. The smallest absolute Gasteiger partial charge is 0.426 e. The van der Waals surface area contributed by atoms with Crippen LogP contribution in [-0.4, -0.2) is 30.3 Å². The largest absolute Gasteiger partial charge is 0.478 e. The molecule has 0 saturated carbocycles. The Hall–Kier alpha value is -1.12. The van der Waals surface area contributed by atoms with Gasteiger partial charge in [0.05, 0.1) is 12.2 Å². The highest BCUT2D eigenvalue weighted by Gasteiger charge is 2.48. The van der Waals surface area contributed by atoms with Crippen LogP contribution in [0.25, 0.3) is 0 Å². The summed E-state index contributed by atoms with van der Waals surface area (Å²) in [6.07, 6.45) is -3.33. The first kappa shape index (κ1) is 15.8. The molecule has 0 amide bonds. The highest BCUT2D eigenvalue weighted by Crippen LogP contribution is 2.50. The van der Waals surface area contributed by atoms with Gasteiger partial charge in [0.1, 0.15) is 10.5 Å². The third-order valence-electron chi connectivity index (χ3n) is 4.28. The second-order valence-corrected chi connectivity index (χ2v) is 6.84. The van der Waals surface area contributed by atoms with Crippen molar-refractivity contribution in [3.05, 3.63) is 20.9 Å². The molecule has 2 atom stereocenters. The number of ether oxygens (including phenoxy) is 1. The highest BCUT2D eigenvalue weighted by atomic mass is 32.1. The van der Waals surface area contributed by atoms with Crippen molar-refractivity contribution in [3.63, 3.8) is 0 Å². The Morgan fingerprint density at radius 2 is 2.23 bits per heavy atom. The van der Waals surface area contributed by atoms with Crippen LogP contribution in [0.2, 0.25) is 0 Å². The average Bonchev–Trinajstić information content (AvgIpc) is 2.80. The van der Waals surface area contributed by atoms with Gasteiger partial charge in [-0.2, -0.15) is 13.2 Å². The molecule has 3 rings (SSSR count). The van der Waals surface area contributed by atoms with Gasteiger partial charge in [0.15, 0.2) is 0 Å². The molecular weight excluding hydrogens is 319 g/mol. The van der Waals surface area contributed by atoms with E-state index in [-0.39, 0.29) is 19.1 Å². The van der Waals surface area contributed by atoms with E-state index in [0.29, 0.717) is 41.2 Å². The SMILES string of the molecule is C[C@H]1CC2(CCN1)OCCc1c2sc(C(F)(F)F)c1C(=O)O. The lowest BCUT2D eigenvalue weighted by Gasteiger charge is -2.42. The number of carbonyl (C=O) groups is 1. The molecule has 3 heterocycles. The van der Waals surface area contributed by atoms with Crippen molar-refractivity contribution in [1.82, 2.24) is 5.32 Å². The van der Waals surface area contributed by atoms with Crippen molar-refractivity contribution < 1.29 is 27.8 Å². The summed E-state index contributed by atoms with van der Waals surface area (Å²) in [6.45, 7) is 2.85. The van der Waals surface area contributed by atoms with E-state index in [2.05, 4.69) is 5.32 Å². The van der Waals surface area contributed by atoms with Crippen molar-refractivity contribution in [2.75, 3.05) is 13.2 Å². The monoisotopic (exact) mass is 335 g/mol. The molecule has 2 aliphatic heterocycles. The summed E-state index contributed by atoms with van der Waals surface area (Å²) in [7, 11) is 0. The number of alkyl halides is 3. The zero-order valence-corrected chi connectivity index (χ0v) is 12.7. The van der Waals surface area contributed by atoms with Gasteiger partial charge in [0.25, 0.3) is 0 Å². The molecule has 8 heteroatoms. The van der Waals surface area contributed by atoms with Crippen LogP contribution >= 0.6 is 11.3 Å². The Kier molecular flexibility index (Phi) is 3.73. The molecule has 122 valence electrons. The van der Waals surface area contributed by atoms with E-state index in [0.717, 1.165) is 0 Å². The van der Waals surface area contributed by atoms with Gasteiger partial charge in [-0.25, -0.2) is 4.79 Å². The molecule has 1 aromatic rings. The minimum Gasteiger partial charge on any atom is -0.478 e. The van der Waals surface area contributed by atoms with Crippen molar-refractivity contribution in [1.29, 1.82) is 0 Å². The molecule has 2 N–H and O–H groups in total. The van der Waals surface area contributed by atoms with Gasteiger partial charge in [-0.15, -0.1) is 11.3 Å². The molecule has 1 fully saturated rings. The number of nitrogens with one attached hydrogen (secondary N) is 1. The summed E-state index contributed by atoms with van der Waals surface area (Å²) in [5, 5.41) is 12.5. The predicted octanol–water partition coefficient (Wildman–Crippen LogP) is 3.01. The summed E-state index contributed by atoms with van der Waals surface area (Å²) in [4.78, 5) is 10.8. The van der Waals surface area contributed by atoms with Crippen LogP contribution in [0.4, 0.5) is 13.2 Å². The number of thiophene rings is 1. The molecule has 1 aromatic heterocycles. The summed E-state index contributed by atoms with van der Waals surface area (Å²) in [5.41, 5.74) is -1.05. The minimum absolute atomic E-state index is 0.115. The lowest BCUT2D eigenvalue weighted by Crippen LogP contribution is -2.48. The molecule has 1 saturated heterocycles. The number of hydrogen-bond donors (Lipinski definition) is 2. The minimum atomic E-state index is -4.66. The average molecular weight is 335 g/mol. The van der Waals surface area contributed by atoms with Crippen LogP contribution in [0.3, 0.4) is 0 Å². The Labute approximate surface area is 129 Å². The zero-order chi connectivity index (χ0) is 16.1. The lowest BCUT2D eigenvalue weighted by atomic mass is 9.82. The van der Waals surface area contributed by atoms with Crippen molar-refractivity contribution in [2.24, 2.45) is 0 Å². The summed E-state index contributed by atoms with van der Waals surface area (Å²) >= 11 is 0.546. The fourth-order valence-electron chi connectivity index (χ4n) is 3.44. The molecule has 2 aliphatic rings. The highest BCUT2D eigenvalue weighted by molar-refractivity contribution is 7.12. The van der Waals surface area contributed by atoms with Crippen LogP contribution in [0, 0.1) is 0 Å². The maximum absolute atomic E-state index is 13.2. The van der Waals surface area contributed by atoms with E-state index in [1.165, 1.54) is 0 Å². The number of aromatic carboxylic acids is 1. The molecule has 22 heavy (non-hydrogen) atoms. The number of carboxylic acid groups (broad SMARTS) is 1. The third-order valence-corrected chi connectivity index (χ3v) is 5.74. The van der Waals surface area contributed by atoms with Gasteiger partial charge in [0, 0.05) is 10.9 Å². The predicted molar refractivity (Wildman–Crippen MR) is 74.3 cm³/mol. The van der Waals surface area contributed by atoms with Gasteiger partial charge < -0.3 is 15.2 Å². The molecular formula is C14H16F3NO3S. The zero-order valence-electron chi connectivity index (χ0n) is 11.9. The van der Waals surface area contributed by atoms with Gasteiger partial charge in [-0.3, -0.25) is 0 Å². The normalized spacial score (nSPS) is 28.6.